The molecule has 1 aromatic carbocycles. The predicted molar refractivity (Wildman–Crippen MR) is 92.4 cm³/mol. The van der Waals surface area contributed by atoms with E-state index in [2.05, 4.69) is 34.5 Å². The number of carbonyl (C=O) groups is 1. The van der Waals surface area contributed by atoms with Crippen LogP contribution in [0.15, 0.2) is 30.3 Å². The molecule has 3 rings (SSSR count). The second-order valence-corrected chi connectivity index (χ2v) is 6.96. The molecule has 132 valence electrons. The Bertz CT molecular complexity index is 529. The van der Waals surface area contributed by atoms with Gasteiger partial charge in [-0.3, -0.25) is 9.69 Å². The van der Waals surface area contributed by atoms with Gasteiger partial charge >= 0.3 is 0 Å². The van der Waals surface area contributed by atoms with Crippen molar-refractivity contribution in [1.82, 2.24) is 10.2 Å². The third kappa shape index (κ3) is 4.79. The fourth-order valence-electron chi connectivity index (χ4n) is 3.43. The summed E-state index contributed by atoms with van der Waals surface area (Å²) < 4.78 is 11.3. The van der Waals surface area contributed by atoms with Gasteiger partial charge in [0.25, 0.3) is 0 Å². The fourth-order valence-corrected chi connectivity index (χ4v) is 3.43. The summed E-state index contributed by atoms with van der Waals surface area (Å²) >= 11 is 0. The topological polar surface area (TPSA) is 50.8 Å². The Hall–Kier alpha value is -1.43. The van der Waals surface area contributed by atoms with Crippen LogP contribution in [0, 0.1) is 5.92 Å². The summed E-state index contributed by atoms with van der Waals surface area (Å²) in [5.74, 6) is -0.506. The molecule has 5 heteroatoms. The molecule has 0 radical (unpaired) electrons. The molecular weight excluding hydrogens is 304 g/mol. The van der Waals surface area contributed by atoms with E-state index in [1.165, 1.54) is 5.56 Å². The number of benzene rings is 1. The van der Waals surface area contributed by atoms with Crippen molar-refractivity contribution in [2.24, 2.45) is 5.92 Å². The van der Waals surface area contributed by atoms with Crippen LogP contribution in [0.5, 0.6) is 0 Å². The number of piperidine rings is 1. The zero-order valence-electron chi connectivity index (χ0n) is 14.5. The van der Waals surface area contributed by atoms with Gasteiger partial charge in [-0.05, 0) is 38.3 Å². The number of nitrogens with one attached hydrogen (secondary N) is 1. The fraction of sp³-hybridized carbons (Fsp3) is 0.632. The summed E-state index contributed by atoms with van der Waals surface area (Å²) in [7, 11) is 0. The smallest absolute Gasteiger partial charge is 0.224 e. The first-order valence-corrected chi connectivity index (χ1v) is 8.96. The van der Waals surface area contributed by atoms with Gasteiger partial charge in [-0.15, -0.1) is 0 Å². The van der Waals surface area contributed by atoms with E-state index < -0.39 is 5.79 Å². The minimum Gasteiger partial charge on any atom is -0.350 e. The van der Waals surface area contributed by atoms with Gasteiger partial charge < -0.3 is 14.8 Å². The Kier molecular flexibility index (Phi) is 5.87. The van der Waals surface area contributed by atoms with Gasteiger partial charge in [0.05, 0.1) is 25.7 Å². The first kappa shape index (κ1) is 17.4. The summed E-state index contributed by atoms with van der Waals surface area (Å²) in [6.45, 7) is 6.49. The van der Waals surface area contributed by atoms with Crippen molar-refractivity contribution in [2.75, 3.05) is 32.8 Å². The van der Waals surface area contributed by atoms with Crippen LogP contribution >= 0.6 is 0 Å². The van der Waals surface area contributed by atoms with Crippen molar-refractivity contribution >= 4 is 5.91 Å². The van der Waals surface area contributed by atoms with Gasteiger partial charge in [0, 0.05) is 13.1 Å². The Morgan fingerprint density at radius 1 is 1.25 bits per heavy atom. The molecule has 0 saturated carbocycles. The average molecular weight is 332 g/mol. The lowest BCUT2D eigenvalue weighted by molar-refractivity contribution is -0.252. The van der Waals surface area contributed by atoms with Crippen molar-refractivity contribution in [3.63, 3.8) is 0 Å². The molecule has 0 spiro atoms. The molecule has 5 nitrogen and oxygen atoms in total. The van der Waals surface area contributed by atoms with Crippen molar-refractivity contribution < 1.29 is 14.3 Å². The van der Waals surface area contributed by atoms with E-state index in [1.807, 2.05) is 13.0 Å². The van der Waals surface area contributed by atoms with E-state index in [4.69, 9.17) is 9.47 Å². The van der Waals surface area contributed by atoms with E-state index >= 15 is 0 Å². The van der Waals surface area contributed by atoms with E-state index in [-0.39, 0.29) is 11.8 Å². The highest BCUT2D eigenvalue weighted by Crippen LogP contribution is 2.20. The number of amides is 1. The number of hydrogen-bond acceptors (Lipinski definition) is 4. The molecule has 1 atom stereocenters. The van der Waals surface area contributed by atoms with Crippen LogP contribution in [0.2, 0.25) is 0 Å². The van der Waals surface area contributed by atoms with Gasteiger partial charge in [-0.1, -0.05) is 30.3 Å². The Morgan fingerprint density at radius 2 is 2.00 bits per heavy atom. The molecule has 1 N–H and O–H groups in total. The molecule has 2 heterocycles. The monoisotopic (exact) mass is 332 g/mol. The second-order valence-electron chi connectivity index (χ2n) is 6.96. The highest BCUT2D eigenvalue weighted by atomic mass is 16.7. The summed E-state index contributed by atoms with van der Waals surface area (Å²) in [5, 5.41) is 3.03. The summed E-state index contributed by atoms with van der Waals surface area (Å²) in [6.07, 6.45) is 2.94. The van der Waals surface area contributed by atoms with Crippen LogP contribution < -0.4 is 5.32 Å². The Balaban J connectivity index is 1.48. The van der Waals surface area contributed by atoms with Crippen molar-refractivity contribution in [3.8, 4) is 0 Å². The second kappa shape index (κ2) is 8.10. The molecule has 2 fully saturated rings. The van der Waals surface area contributed by atoms with Crippen molar-refractivity contribution in [2.45, 2.75) is 38.5 Å². The first-order chi connectivity index (χ1) is 11.6. The number of ether oxygens (including phenoxy) is 2. The molecule has 1 amide bonds. The molecular formula is C19H28N2O3. The third-order valence-corrected chi connectivity index (χ3v) is 4.81. The van der Waals surface area contributed by atoms with Gasteiger partial charge in [-0.25, -0.2) is 0 Å². The van der Waals surface area contributed by atoms with Crippen LogP contribution in [-0.2, 0) is 20.8 Å². The maximum Gasteiger partial charge on any atom is 0.224 e. The molecule has 2 aliphatic rings. The van der Waals surface area contributed by atoms with Gasteiger partial charge in [0.2, 0.25) is 5.91 Å². The van der Waals surface area contributed by atoms with Crippen LogP contribution in [0.4, 0.5) is 0 Å². The summed E-state index contributed by atoms with van der Waals surface area (Å²) in [4.78, 5) is 14.9. The lowest BCUT2D eigenvalue weighted by Crippen LogP contribution is -2.50. The molecule has 1 aromatic rings. The van der Waals surface area contributed by atoms with Gasteiger partial charge in [0.1, 0.15) is 0 Å². The molecule has 2 saturated heterocycles. The average Bonchev–Trinajstić information content (AvgIpc) is 2.61. The molecule has 0 unspecified atom stereocenters. The number of likely N-dealkylation sites (tertiary alicyclic amines) is 1. The van der Waals surface area contributed by atoms with Crippen LogP contribution in [0.25, 0.3) is 0 Å². The van der Waals surface area contributed by atoms with Crippen LogP contribution in [-0.4, -0.2) is 49.4 Å². The lowest BCUT2D eigenvalue weighted by Gasteiger charge is -2.35. The van der Waals surface area contributed by atoms with Crippen LogP contribution in [0.3, 0.4) is 0 Å². The van der Waals surface area contributed by atoms with Gasteiger partial charge in [-0.2, -0.15) is 0 Å². The molecule has 2 aliphatic heterocycles. The maximum absolute atomic E-state index is 12.5. The summed E-state index contributed by atoms with van der Waals surface area (Å²) in [6, 6.07) is 10.4. The van der Waals surface area contributed by atoms with Gasteiger partial charge in [0.15, 0.2) is 5.79 Å². The zero-order chi connectivity index (χ0) is 16.8. The SMILES string of the molecule is CC1(CNC(=O)[C@H]2CCCN(Cc3ccccc3)C2)OCCCO1. The minimum atomic E-state index is -0.674. The molecule has 0 aromatic heterocycles. The van der Waals surface area contributed by atoms with E-state index in [0.717, 1.165) is 38.9 Å². The van der Waals surface area contributed by atoms with E-state index in [9.17, 15) is 4.79 Å². The Morgan fingerprint density at radius 3 is 2.75 bits per heavy atom. The standard InChI is InChI=1S/C19H28N2O3/c1-19(23-11-6-12-24-19)15-20-18(22)17-9-5-10-21(14-17)13-16-7-3-2-4-8-16/h2-4,7-8,17H,5-6,9-15H2,1H3,(H,20,22)/t17-/m0/s1. The molecule has 0 bridgehead atoms. The quantitative estimate of drug-likeness (QED) is 0.898. The van der Waals surface area contributed by atoms with Crippen molar-refractivity contribution in [3.05, 3.63) is 35.9 Å². The third-order valence-electron chi connectivity index (χ3n) is 4.81. The summed E-state index contributed by atoms with van der Waals surface area (Å²) in [5.41, 5.74) is 1.30. The first-order valence-electron chi connectivity index (χ1n) is 8.96. The molecule has 24 heavy (non-hydrogen) atoms. The van der Waals surface area contributed by atoms with E-state index in [1.54, 1.807) is 0 Å². The maximum atomic E-state index is 12.5. The minimum absolute atomic E-state index is 0.0506. The number of hydrogen-bond donors (Lipinski definition) is 1. The zero-order valence-corrected chi connectivity index (χ0v) is 14.5. The largest absolute Gasteiger partial charge is 0.350 e. The van der Waals surface area contributed by atoms with E-state index in [0.29, 0.717) is 19.8 Å². The van der Waals surface area contributed by atoms with Crippen LogP contribution in [0.1, 0.15) is 31.7 Å². The highest BCUT2D eigenvalue weighted by Gasteiger charge is 2.31. The Labute approximate surface area is 144 Å². The highest BCUT2D eigenvalue weighted by molar-refractivity contribution is 5.79. The number of carbonyl (C=O) groups excluding carboxylic acids is 1. The molecule has 0 aliphatic carbocycles. The predicted octanol–water partition coefficient (Wildman–Crippen LogP) is 2.17. The van der Waals surface area contributed by atoms with Crippen molar-refractivity contribution in [1.29, 1.82) is 0 Å². The number of nitrogens with zero attached hydrogens (tertiary/aromatic N) is 1. The normalized spacial score (nSPS) is 24.5. The lowest BCUT2D eigenvalue weighted by atomic mass is 9.96. The number of rotatable bonds is 5.